The molecule has 0 bridgehead atoms. The lowest BCUT2D eigenvalue weighted by Crippen LogP contribution is -2.39. The number of para-hydroxylation sites is 1. The molecule has 1 aliphatic rings. The van der Waals surface area contributed by atoms with Crippen LogP contribution in [0.25, 0.3) is 16.6 Å². The number of nitrogens with zero attached hydrogens (tertiary/aromatic N) is 3. The van der Waals surface area contributed by atoms with Gasteiger partial charge in [-0.15, -0.1) is 0 Å². The number of benzene rings is 3. The number of fused-ring (bicyclic) bond motifs is 1. The summed E-state index contributed by atoms with van der Waals surface area (Å²) >= 11 is 0. The highest BCUT2D eigenvalue weighted by atomic mass is 16.2. The van der Waals surface area contributed by atoms with Gasteiger partial charge in [0.1, 0.15) is 5.82 Å². The molecule has 1 aliphatic carbocycles. The number of aromatic nitrogens is 2. The predicted molar refractivity (Wildman–Crippen MR) is 158 cm³/mol. The number of hydrogen-bond donors (Lipinski definition) is 0. The summed E-state index contributed by atoms with van der Waals surface area (Å²) < 4.78 is 1.73. The highest BCUT2D eigenvalue weighted by Gasteiger charge is 2.29. The molecule has 1 atom stereocenters. The van der Waals surface area contributed by atoms with Crippen molar-refractivity contribution in [3.8, 4) is 5.69 Å². The lowest BCUT2D eigenvalue weighted by Gasteiger charge is -2.33. The van der Waals surface area contributed by atoms with Gasteiger partial charge in [-0.1, -0.05) is 92.8 Å². The van der Waals surface area contributed by atoms with E-state index in [0.717, 1.165) is 24.1 Å². The second-order valence-corrected chi connectivity index (χ2v) is 10.9. The molecule has 3 aromatic carbocycles. The first-order chi connectivity index (χ1) is 19.0. The van der Waals surface area contributed by atoms with Gasteiger partial charge in [-0.3, -0.25) is 14.2 Å². The third-order valence-corrected chi connectivity index (χ3v) is 8.20. The Labute approximate surface area is 231 Å². The quantitative estimate of drug-likeness (QED) is 0.222. The summed E-state index contributed by atoms with van der Waals surface area (Å²) in [7, 11) is 0. The number of aryl methyl sites for hydroxylation is 1. The van der Waals surface area contributed by atoms with Crippen LogP contribution in [0, 0.1) is 12.8 Å². The van der Waals surface area contributed by atoms with Crippen molar-refractivity contribution in [3.63, 3.8) is 0 Å². The van der Waals surface area contributed by atoms with Crippen molar-refractivity contribution in [1.29, 1.82) is 0 Å². The fourth-order valence-electron chi connectivity index (χ4n) is 5.98. The summed E-state index contributed by atoms with van der Waals surface area (Å²) in [5.74, 6) is 1.43. The summed E-state index contributed by atoms with van der Waals surface area (Å²) in [6.45, 7) is 4.71. The zero-order chi connectivity index (χ0) is 27.2. The molecule has 1 heterocycles. The highest BCUT2D eigenvalue weighted by molar-refractivity contribution is 5.79. The third-order valence-electron chi connectivity index (χ3n) is 8.20. The van der Waals surface area contributed by atoms with Gasteiger partial charge in [-0.05, 0) is 61.9 Å². The molecule has 1 saturated carbocycles. The standard InChI is InChI=1S/C34H39N3O2/c1-3-31(36(24-23-27-11-5-4-6-12-27)32(38)22-19-26-13-7-8-14-26)33-35-30-16-10-9-15-29(30)34(39)37(33)28-20-17-25(2)18-21-28/h4-6,9-12,15-18,20-21,26,31H,3,7-8,13-14,19,22-24H2,1-2H3. The summed E-state index contributed by atoms with van der Waals surface area (Å²) in [4.78, 5) is 35.0. The molecule has 39 heavy (non-hydrogen) atoms. The van der Waals surface area contributed by atoms with Crippen LogP contribution < -0.4 is 5.56 Å². The summed E-state index contributed by atoms with van der Waals surface area (Å²) in [5.41, 5.74) is 3.67. The first kappa shape index (κ1) is 26.9. The SMILES string of the molecule is CCC(c1nc2ccccc2c(=O)n1-c1ccc(C)cc1)N(CCc1ccccc1)C(=O)CCC1CCCC1. The molecule has 5 rings (SSSR count). The molecule has 5 heteroatoms. The highest BCUT2D eigenvalue weighted by Crippen LogP contribution is 2.31. The molecule has 0 radical (unpaired) electrons. The van der Waals surface area contributed by atoms with Crippen molar-refractivity contribution >= 4 is 16.8 Å². The number of carbonyl (C=O) groups excluding carboxylic acids is 1. The minimum Gasteiger partial charge on any atom is -0.332 e. The minimum absolute atomic E-state index is 0.0979. The van der Waals surface area contributed by atoms with Crippen molar-refractivity contribution in [2.24, 2.45) is 5.92 Å². The van der Waals surface area contributed by atoms with E-state index in [-0.39, 0.29) is 17.5 Å². The van der Waals surface area contributed by atoms with Gasteiger partial charge in [0.25, 0.3) is 5.56 Å². The molecule has 1 amide bonds. The summed E-state index contributed by atoms with van der Waals surface area (Å²) in [6.07, 6.45) is 7.91. The molecule has 1 aromatic heterocycles. The van der Waals surface area contributed by atoms with Crippen LogP contribution in [0.5, 0.6) is 0 Å². The Kier molecular flexibility index (Phi) is 8.55. The van der Waals surface area contributed by atoms with E-state index in [1.165, 1.54) is 31.2 Å². The molecule has 0 spiro atoms. The van der Waals surface area contributed by atoms with Crippen molar-refractivity contribution in [1.82, 2.24) is 14.5 Å². The average molecular weight is 522 g/mol. The van der Waals surface area contributed by atoms with Crippen LogP contribution in [0.1, 0.15) is 74.9 Å². The first-order valence-electron chi connectivity index (χ1n) is 14.5. The van der Waals surface area contributed by atoms with Gasteiger partial charge in [0.15, 0.2) is 0 Å². The Balaban J connectivity index is 1.57. The van der Waals surface area contributed by atoms with Crippen LogP contribution in [-0.2, 0) is 11.2 Å². The van der Waals surface area contributed by atoms with Crippen LogP contribution in [-0.4, -0.2) is 26.9 Å². The maximum Gasteiger partial charge on any atom is 0.266 e. The molecule has 4 aromatic rings. The number of amides is 1. The first-order valence-corrected chi connectivity index (χ1v) is 14.5. The van der Waals surface area contributed by atoms with Gasteiger partial charge in [-0.2, -0.15) is 0 Å². The van der Waals surface area contributed by atoms with E-state index in [0.29, 0.717) is 42.0 Å². The van der Waals surface area contributed by atoms with Crippen molar-refractivity contribution in [2.75, 3.05) is 6.54 Å². The van der Waals surface area contributed by atoms with E-state index < -0.39 is 0 Å². The Hall–Kier alpha value is -3.73. The van der Waals surface area contributed by atoms with E-state index in [2.05, 4.69) is 19.1 Å². The van der Waals surface area contributed by atoms with Crippen molar-refractivity contribution in [3.05, 3.63) is 106 Å². The van der Waals surface area contributed by atoms with E-state index in [9.17, 15) is 9.59 Å². The predicted octanol–water partition coefficient (Wildman–Crippen LogP) is 7.19. The van der Waals surface area contributed by atoms with Gasteiger partial charge in [0.2, 0.25) is 5.91 Å². The van der Waals surface area contributed by atoms with Crippen LogP contribution in [0.15, 0.2) is 83.7 Å². The lowest BCUT2D eigenvalue weighted by molar-refractivity contribution is -0.134. The van der Waals surface area contributed by atoms with Gasteiger partial charge in [0, 0.05) is 13.0 Å². The summed E-state index contributed by atoms with van der Waals surface area (Å²) in [6, 6.07) is 25.5. The molecule has 1 unspecified atom stereocenters. The zero-order valence-electron chi connectivity index (χ0n) is 23.2. The van der Waals surface area contributed by atoms with Gasteiger partial charge in [0.05, 0.1) is 22.6 Å². The van der Waals surface area contributed by atoms with E-state index >= 15 is 0 Å². The monoisotopic (exact) mass is 521 g/mol. The number of rotatable bonds is 10. The van der Waals surface area contributed by atoms with Crippen LogP contribution in [0.3, 0.4) is 0 Å². The molecule has 0 aliphatic heterocycles. The Morgan fingerprint density at radius 3 is 2.38 bits per heavy atom. The van der Waals surface area contributed by atoms with Gasteiger partial charge >= 0.3 is 0 Å². The summed E-state index contributed by atoms with van der Waals surface area (Å²) in [5, 5.41) is 0.583. The largest absolute Gasteiger partial charge is 0.332 e. The lowest BCUT2D eigenvalue weighted by atomic mass is 10.0. The van der Waals surface area contributed by atoms with Crippen LogP contribution in [0.2, 0.25) is 0 Å². The number of hydrogen-bond acceptors (Lipinski definition) is 3. The third kappa shape index (κ3) is 6.13. The smallest absolute Gasteiger partial charge is 0.266 e. The molecule has 202 valence electrons. The van der Waals surface area contributed by atoms with Gasteiger partial charge in [-0.25, -0.2) is 4.98 Å². The maximum atomic E-state index is 13.9. The normalized spacial score (nSPS) is 14.5. The molecule has 0 N–H and O–H groups in total. The fraction of sp³-hybridized carbons (Fsp3) is 0.382. The van der Waals surface area contributed by atoms with E-state index in [4.69, 9.17) is 4.98 Å². The molecular formula is C34H39N3O2. The molecule has 0 saturated heterocycles. The second-order valence-electron chi connectivity index (χ2n) is 10.9. The fourth-order valence-corrected chi connectivity index (χ4v) is 5.98. The zero-order valence-corrected chi connectivity index (χ0v) is 23.2. The van der Waals surface area contributed by atoms with E-state index in [1.54, 1.807) is 4.57 Å². The van der Waals surface area contributed by atoms with Crippen LogP contribution in [0.4, 0.5) is 0 Å². The Morgan fingerprint density at radius 1 is 0.974 bits per heavy atom. The second kappa shape index (κ2) is 12.4. The Morgan fingerprint density at radius 2 is 1.67 bits per heavy atom. The minimum atomic E-state index is -0.316. The number of carbonyl (C=O) groups is 1. The average Bonchev–Trinajstić information content (AvgIpc) is 3.49. The van der Waals surface area contributed by atoms with E-state index in [1.807, 2.05) is 78.6 Å². The molecular weight excluding hydrogens is 482 g/mol. The Bertz CT molecular complexity index is 1450. The van der Waals surface area contributed by atoms with Gasteiger partial charge < -0.3 is 4.90 Å². The topological polar surface area (TPSA) is 55.2 Å². The maximum absolute atomic E-state index is 13.9. The molecule has 1 fully saturated rings. The van der Waals surface area contributed by atoms with Crippen LogP contribution >= 0.6 is 0 Å². The van der Waals surface area contributed by atoms with Crippen molar-refractivity contribution in [2.45, 2.75) is 71.3 Å². The molecule has 5 nitrogen and oxygen atoms in total. The van der Waals surface area contributed by atoms with Crippen molar-refractivity contribution < 1.29 is 4.79 Å².